The van der Waals surface area contributed by atoms with Gasteiger partial charge in [-0.2, -0.15) is 0 Å². The normalized spacial score (nSPS) is 25.8. The maximum Gasteiger partial charge on any atom is 0.220 e. The van der Waals surface area contributed by atoms with E-state index in [4.69, 9.17) is 5.73 Å². The van der Waals surface area contributed by atoms with Crippen LogP contribution in [-0.4, -0.2) is 30.2 Å². The molecular weight excluding hydrogens is 216 g/mol. The summed E-state index contributed by atoms with van der Waals surface area (Å²) in [5, 5.41) is 12.3. The number of rotatable bonds is 7. The average Bonchev–Trinajstić information content (AvgIpc) is 2.70. The van der Waals surface area contributed by atoms with Gasteiger partial charge in [0, 0.05) is 13.0 Å². The maximum atomic E-state index is 11.6. The van der Waals surface area contributed by atoms with Crippen LogP contribution in [0.25, 0.3) is 0 Å². The third kappa shape index (κ3) is 6.03. The molecule has 4 heteroatoms. The Kier molecular flexibility index (Phi) is 6.52. The van der Waals surface area contributed by atoms with Crippen LogP contribution in [0.4, 0.5) is 0 Å². The Labute approximate surface area is 104 Å². The molecule has 4 nitrogen and oxygen atoms in total. The summed E-state index contributed by atoms with van der Waals surface area (Å²) < 4.78 is 0. The summed E-state index contributed by atoms with van der Waals surface area (Å²) in [6.07, 6.45) is 5.10. The van der Waals surface area contributed by atoms with Crippen LogP contribution >= 0.6 is 0 Å². The fourth-order valence-electron chi connectivity index (χ4n) is 2.39. The first kappa shape index (κ1) is 14.5. The Morgan fingerprint density at radius 1 is 1.47 bits per heavy atom. The highest BCUT2D eigenvalue weighted by Gasteiger charge is 2.22. The van der Waals surface area contributed by atoms with Gasteiger partial charge in [-0.1, -0.05) is 6.92 Å². The van der Waals surface area contributed by atoms with Gasteiger partial charge >= 0.3 is 0 Å². The van der Waals surface area contributed by atoms with Gasteiger partial charge in [-0.25, -0.2) is 0 Å². The van der Waals surface area contributed by atoms with Crippen LogP contribution in [0.1, 0.15) is 45.4 Å². The lowest BCUT2D eigenvalue weighted by Gasteiger charge is -2.12. The van der Waals surface area contributed by atoms with Crippen molar-refractivity contribution in [1.82, 2.24) is 5.32 Å². The molecule has 0 radical (unpaired) electrons. The van der Waals surface area contributed by atoms with Gasteiger partial charge in [0.25, 0.3) is 0 Å². The molecule has 1 amide bonds. The molecule has 17 heavy (non-hydrogen) atoms. The molecule has 100 valence electrons. The minimum atomic E-state index is -0.151. The van der Waals surface area contributed by atoms with Crippen LogP contribution < -0.4 is 11.1 Å². The second-order valence-electron chi connectivity index (χ2n) is 5.36. The minimum Gasteiger partial charge on any atom is -0.393 e. The Bertz CT molecular complexity index is 233. The predicted molar refractivity (Wildman–Crippen MR) is 68.4 cm³/mol. The lowest BCUT2D eigenvalue weighted by molar-refractivity contribution is -0.121. The van der Waals surface area contributed by atoms with Crippen molar-refractivity contribution in [3.8, 4) is 0 Å². The molecule has 1 saturated carbocycles. The number of nitrogens with one attached hydrogen (secondary N) is 1. The molecule has 1 aliphatic carbocycles. The summed E-state index contributed by atoms with van der Waals surface area (Å²) in [5.41, 5.74) is 5.47. The second-order valence-corrected chi connectivity index (χ2v) is 5.36. The van der Waals surface area contributed by atoms with Crippen LogP contribution in [0.2, 0.25) is 0 Å². The van der Waals surface area contributed by atoms with Gasteiger partial charge in [-0.15, -0.1) is 0 Å². The van der Waals surface area contributed by atoms with Crippen molar-refractivity contribution >= 4 is 5.91 Å². The molecule has 0 saturated heterocycles. The van der Waals surface area contributed by atoms with Gasteiger partial charge < -0.3 is 16.2 Å². The number of carbonyl (C=O) groups excluding carboxylic acids is 1. The van der Waals surface area contributed by atoms with Crippen LogP contribution in [0.5, 0.6) is 0 Å². The Hall–Kier alpha value is -0.610. The number of nitrogens with two attached hydrogens (primary N) is 1. The first-order chi connectivity index (χ1) is 8.11. The van der Waals surface area contributed by atoms with Gasteiger partial charge in [-0.3, -0.25) is 4.79 Å². The van der Waals surface area contributed by atoms with E-state index in [9.17, 15) is 9.90 Å². The lowest BCUT2D eigenvalue weighted by atomic mass is 10.0. The summed E-state index contributed by atoms with van der Waals surface area (Å²) >= 11 is 0. The summed E-state index contributed by atoms with van der Waals surface area (Å²) in [6.45, 7) is 3.55. The van der Waals surface area contributed by atoms with E-state index in [1.807, 2.05) is 0 Å². The van der Waals surface area contributed by atoms with Crippen LogP contribution in [0.15, 0.2) is 0 Å². The zero-order chi connectivity index (χ0) is 12.7. The van der Waals surface area contributed by atoms with Crippen molar-refractivity contribution in [2.45, 2.75) is 51.6 Å². The first-order valence-electron chi connectivity index (χ1n) is 6.76. The van der Waals surface area contributed by atoms with Gasteiger partial charge in [0.05, 0.1) is 6.10 Å². The Balaban J connectivity index is 2.05. The van der Waals surface area contributed by atoms with E-state index in [1.54, 1.807) is 0 Å². The van der Waals surface area contributed by atoms with Crippen LogP contribution in [0.3, 0.4) is 0 Å². The molecule has 3 atom stereocenters. The predicted octanol–water partition coefficient (Wildman–Crippen LogP) is 1.03. The quantitative estimate of drug-likeness (QED) is 0.624. The number of aliphatic hydroxyl groups excluding tert-OH is 1. The van der Waals surface area contributed by atoms with E-state index in [1.165, 1.54) is 0 Å². The third-order valence-corrected chi connectivity index (χ3v) is 3.63. The molecular formula is C13H26N2O2. The average molecular weight is 242 g/mol. The van der Waals surface area contributed by atoms with E-state index in [2.05, 4.69) is 12.2 Å². The highest BCUT2D eigenvalue weighted by atomic mass is 16.3. The SMILES string of the molecule is CC(CCN)CCC(=O)NCC1CCC(O)C1. The molecule has 0 spiro atoms. The van der Waals surface area contributed by atoms with Crippen molar-refractivity contribution in [1.29, 1.82) is 0 Å². The number of aliphatic hydroxyl groups is 1. The standard InChI is InChI=1S/C13H26N2O2/c1-10(6-7-14)2-5-13(17)15-9-11-3-4-12(16)8-11/h10-12,16H,2-9,14H2,1H3,(H,15,17). The Morgan fingerprint density at radius 2 is 2.24 bits per heavy atom. The number of carbonyl (C=O) groups is 1. The van der Waals surface area contributed by atoms with Crippen molar-refractivity contribution in [3.05, 3.63) is 0 Å². The highest BCUT2D eigenvalue weighted by molar-refractivity contribution is 5.75. The van der Waals surface area contributed by atoms with Gasteiger partial charge in [0.1, 0.15) is 0 Å². The van der Waals surface area contributed by atoms with E-state index >= 15 is 0 Å². The van der Waals surface area contributed by atoms with Crippen molar-refractivity contribution in [2.75, 3.05) is 13.1 Å². The molecule has 1 aliphatic rings. The largest absolute Gasteiger partial charge is 0.393 e. The van der Waals surface area contributed by atoms with Crippen molar-refractivity contribution in [3.63, 3.8) is 0 Å². The molecule has 0 aliphatic heterocycles. The minimum absolute atomic E-state index is 0.135. The van der Waals surface area contributed by atoms with E-state index < -0.39 is 0 Å². The summed E-state index contributed by atoms with van der Waals surface area (Å²) in [4.78, 5) is 11.6. The molecule has 0 heterocycles. The van der Waals surface area contributed by atoms with Crippen LogP contribution in [-0.2, 0) is 4.79 Å². The first-order valence-corrected chi connectivity index (χ1v) is 6.76. The monoisotopic (exact) mass is 242 g/mol. The molecule has 0 aromatic rings. The lowest BCUT2D eigenvalue weighted by Crippen LogP contribution is -2.28. The fraction of sp³-hybridized carbons (Fsp3) is 0.923. The van der Waals surface area contributed by atoms with Crippen molar-refractivity contribution in [2.24, 2.45) is 17.6 Å². The summed E-state index contributed by atoms with van der Waals surface area (Å²) in [7, 11) is 0. The van der Waals surface area contributed by atoms with Gasteiger partial charge in [0.2, 0.25) is 5.91 Å². The van der Waals surface area contributed by atoms with Gasteiger partial charge in [-0.05, 0) is 50.5 Å². The topological polar surface area (TPSA) is 75.4 Å². The summed E-state index contributed by atoms with van der Waals surface area (Å²) in [5.74, 6) is 1.13. The van der Waals surface area contributed by atoms with Crippen molar-refractivity contribution < 1.29 is 9.90 Å². The molecule has 1 rings (SSSR count). The Morgan fingerprint density at radius 3 is 2.82 bits per heavy atom. The van der Waals surface area contributed by atoms with Gasteiger partial charge in [0.15, 0.2) is 0 Å². The zero-order valence-corrected chi connectivity index (χ0v) is 10.8. The molecule has 0 bridgehead atoms. The highest BCUT2D eigenvalue weighted by Crippen LogP contribution is 2.24. The molecule has 4 N–H and O–H groups in total. The molecule has 1 fully saturated rings. The van der Waals surface area contributed by atoms with Crippen LogP contribution in [0, 0.1) is 11.8 Å². The number of amides is 1. The maximum absolute atomic E-state index is 11.6. The fourth-order valence-corrected chi connectivity index (χ4v) is 2.39. The number of hydrogen-bond donors (Lipinski definition) is 3. The second kappa shape index (κ2) is 7.67. The van der Waals surface area contributed by atoms with E-state index in [-0.39, 0.29) is 12.0 Å². The third-order valence-electron chi connectivity index (χ3n) is 3.63. The smallest absolute Gasteiger partial charge is 0.220 e. The molecule has 0 aromatic heterocycles. The zero-order valence-electron chi connectivity index (χ0n) is 10.8. The van der Waals surface area contributed by atoms with E-state index in [0.29, 0.717) is 24.8 Å². The molecule has 3 unspecified atom stereocenters. The molecule has 0 aromatic carbocycles. The summed E-state index contributed by atoms with van der Waals surface area (Å²) in [6, 6.07) is 0. The number of hydrogen-bond acceptors (Lipinski definition) is 3. The van der Waals surface area contributed by atoms with E-state index in [0.717, 1.165) is 38.6 Å².